The van der Waals surface area contributed by atoms with Crippen molar-refractivity contribution in [2.75, 3.05) is 10.6 Å². The standard InChI is InChI=1S/C29H27FN2O3S/c1-21-10-6-8-14-26(21)28(22-11-4-3-5-12-22)31-29(33)23-16-18-25(19-17-23)32(36(2,34)35)20-24-13-7-9-15-27(24)30/h3-19,28H,20H2,1-2H3,(H,31,33)/t28-/m0/s1. The van der Waals surface area contributed by atoms with Crippen LogP contribution < -0.4 is 9.62 Å². The van der Waals surface area contributed by atoms with Crippen LogP contribution in [0.1, 0.15) is 38.7 Å². The number of carbonyl (C=O) groups is 1. The molecule has 5 nitrogen and oxygen atoms in total. The van der Waals surface area contributed by atoms with Crippen LogP contribution in [0.2, 0.25) is 0 Å². The van der Waals surface area contributed by atoms with Gasteiger partial charge in [-0.25, -0.2) is 12.8 Å². The SMILES string of the molecule is Cc1ccccc1[C@@H](NC(=O)c1ccc(N(Cc2ccccc2F)S(C)(=O)=O)cc1)c1ccccc1. The van der Waals surface area contributed by atoms with Crippen LogP contribution in [0.15, 0.2) is 103 Å². The Bertz CT molecular complexity index is 1460. The largest absolute Gasteiger partial charge is 0.341 e. The first-order valence-corrected chi connectivity index (χ1v) is 13.3. The lowest BCUT2D eigenvalue weighted by atomic mass is 9.94. The number of halogens is 1. The molecule has 1 N–H and O–H groups in total. The molecule has 0 aliphatic heterocycles. The van der Waals surface area contributed by atoms with E-state index in [1.165, 1.54) is 6.07 Å². The average molecular weight is 503 g/mol. The molecule has 0 fully saturated rings. The van der Waals surface area contributed by atoms with E-state index in [9.17, 15) is 17.6 Å². The first kappa shape index (κ1) is 25.1. The molecule has 0 spiro atoms. The number of benzene rings is 4. The van der Waals surface area contributed by atoms with Crippen LogP contribution in [0.25, 0.3) is 0 Å². The number of amides is 1. The van der Waals surface area contributed by atoms with Gasteiger partial charge < -0.3 is 5.32 Å². The number of sulfonamides is 1. The van der Waals surface area contributed by atoms with Gasteiger partial charge in [-0.1, -0.05) is 72.8 Å². The topological polar surface area (TPSA) is 66.5 Å². The lowest BCUT2D eigenvalue weighted by molar-refractivity contribution is 0.0943. The van der Waals surface area contributed by atoms with Crippen molar-refractivity contribution in [2.24, 2.45) is 0 Å². The fourth-order valence-electron chi connectivity index (χ4n) is 4.07. The first-order chi connectivity index (χ1) is 17.2. The van der Waals surface area contributed by atoms with Crippen molar-refractivity contribution >= 4 is 21.6 Å². The molecule has 1 amide bonds. The second kappa shape index (κ2) is 10.7. The van der Waals surface area contributed by atoms with E-state index in [2.05, 4.69) is 5.32 Å². The lowest BCUT2D eigenvalue weighted by Gasteiger charge is -2.24. The second-order valence-electron chi connectivity index (χ2n) is 8.58. The summed E-state index contributed by atoms with van der Waals surface area (Å²) in [6.45, 7) is 1.85. The van der Waals surface area contributed by atoms with Crippen LogP contribution in [-0.2, 0) is 16.6 Å². The summed E-state index contributed by atoms with van der Waals surface area (Å²) in [6, 6.07) is 29.6. The van der Waals surface area contributed by atoms with Gasteiger partial charge in [0, 0.05) is 11.1 Å². The van der Waals surface area contributed by atoms with E-state index >= 15 is 0 Å². The molecule has 1 atom stereocenters. The van der Waals surface area contributed by atoms with Crippen molar-refractivity contribution in [2.45, 2.75) is 19.5 Å². The van der Waals surface area contributed by atoms with Gasteiger partial charge in [0.25, 0.3) is 5.91 Å². The van der Waals surface area contributed by atoms with Gasteiger partial charge in [-0.05, 0) is 53.9 Å². The van der Waals surface area contributed by atoms with Gasteiger partial charge in [-0.15, -0.1) is 0 Å². The summed E-state index contributed by atoms with van der Waals surface area (Å²) in [7, 11) is -3.70. The first-order valence-electron chi connectivity index (χ1n) is 11.5. The number of hydrogen-bond acceptors (Lipinski definition) is 3. The van der Waals surface area contributed by atoms with Crippen molar-refractivity contribution in [1.29, 1.82) is 0 Å². The maximum absolute atomic E-state index is 14.2. The molecule has 0 heterocycles. The Labute approximate surface area is 211 Å². The highest BCUT2D eigenvalue weighted by Crippen LogP contribution is 2.26. The fourth-order valence-corrected chi connectivity index (χ4v) is 4.95. The molecule has 0 radical (unpaired) electrons. The van der Waals surface area contributed by atoms with E-state index < -0.39 is 15.8 Å². The van der Waals surface area contributed by atoms with Crippen LogP contribution in [0.3, 0.4) is 0 Å². The monoisotopic (exact) mass is 502 g/mol. The number of hydrogen-bond donors (Lipinski definition) is 1. The Morgan fingerprint density at radius 2 is 1.47 bits per heavy atom. The molecule has 4 rings (SSSR count). The molecule has 0 bridgehead atoms. The smallest absolute Gasteiger partial charge is 0.252 e. The zero-order valence-electron chi connectivity index (χ0n) is 20.1. The molecule has 36 heavy (non-hydrogen) atoms. The Balaban J connectivity index is 1.60. The third-order valence-electron chi connectivity index (χ3n) is 6.00. The highest BCUT2D eigenvalue weighted by molar-refractivity contribution is 7.92. The van der Waals surface area contributed by atoms with Crippen LogP contribution in [0, 0.1) is 12.7 Å². The van der Waals surface area contributed by atoms with Crippen molar-refractivity contribution in [3.05, 3.63) is 137 Å². The van der Waals surface area contributed by atoms with Gasteiger partial charge in [-0.2, -0.15) is 0 Å². The minimum Gasteiger partial charge on any atom is -0.341 e. The average Bonchev–Trinajstić information content (AvgIpc) is 2.87. The third-order valence-corrected chi connectivity index (χ3v) is 7.14. The van der Waals surface area contributed by atoms with E-state index in [4.69, 9.17) is 0 Å². The van der Waals surface area contributed by atoms with Crippen LogP contribution >= 0.6 is 0 Å². The van der Waals surface area contributed by atoms with Gasteiger partial charge in [0.05, 0.1) is 24.5 Å². The minimum atomic E-state index is -3.70. The molecule has 0 aliphatic rings. The van der Waals surface area contributed by atoms with Crippen molar-refractivity contribution in [3.8, 4) is 0 Å². The normalized spacial score (nSPS) is 12.1. The van der Waals surface area contributed by atoms with Crippen molar-refractivity contribution in [1.82, 2.24) is 5.32 Å². The zero-order valence-corrected chi connectivity index (χ0v) is 20.9. The van der Waals surface area contributed by atoms with Crippen molar-refractivity contribution < 1.29 is 17.6 Å². The molecule has 0 saturated carbocycles. The molecule has 0 aromatic heterocycles. The maximum Gasteiger partial charge on any atom is 0.252 e. The summed E-state index contributed by atoms with van der Waals surface area (Å²) in [5.74, 6) is -0.774. The van der Waals surface area contributed by atoms with Gasteiger partial charge >= 0.3 is 0 Å². The quantitative estimate of drug-likeness (QED) is 0.340. The van der Waals surface area contributed by atoms with Gasteiger partial charge in [0.2, 0.25) is 10.0 Å². The number of aryl methyl sites for hydroxylation is 1. The number of anilines is 1. The molecule has 0 saturated heterocycles. The van der Waals surface area contributed by atoms with Gasteiger partial charge in [0.15, 0.2) is 0 Å². The summed E-state index contributed by atoms with van der Waals surface area (Å²) in [6.07, 6.45) is 1.07. The molecule has 4 aromatic rings. The van der Waals surface area contributed by atoms with Crippen LogP contribution in [0.4, 0.5) is 10.1 Å². The zero-order chi connectivity index (χ0) is 25.7. The number of nitrogens with one attached hydrogen (secondary N) is 1. The highest BCUT2D eigenvalue weighted by atomic mass is 32.2. The summed E-state index contributed by atoms with van der Waals surface area (Å²) >= 11 is 0. The number of carbonyl (C=O) groups excluding carboxylic acids is 1. The minimum absolute atomic E-state index is 0.152. The number of rotatable bonds is 8. The van der Waals surface area contributed by atoms with E-state index in [-0.39, 0.29) is 24.1 Å². The maximum atomic E-state index is 14.2. The molecular formula is C29H27FN2O3S. The Hall–Kier alpha value is -3.97. The third kappa shape index (κ3) is 5.80. The Morgan fingerprint density at radius 3 is 2.11 bits per heavy atom. The molecule has 7 heteroatoms. The van der Waals surface area contributed by atoms with E-state index in [1.54, 1.807) is 42.5 Å². The predicted molar refractivity (Wildman–Crippen MR) is 141 cm³/mol. The lowest BCUT2D eigenvalue weighted by Crippen LogP contribution is -2.31. The van der Waals surface area contributed by atoms with E-state index in [1.807, 2.05) is 61.5 Å². The summed E-state index contributed by atoms with van der Waals surface area (Å²) in [5, 5.41) is 3.11. The fraction of sp³-hybridized carbons (Fsp3) is 0.138. The number of nitrogens with zero attached hydrogens (tertiary/aromatic N) is 1. The molecule has 4 aromatic carbocycles. The Kier molecular flexibility index (Phi) is 7.50. The molecule has 0 aliphatic carbocycles. The van der Waals surface area contributed by atoms with Gasteiger partial charge in [0.1, 0.15) is 5.82 Å². The predicted octanol–water partition coefficient (Wildman–Crippen LogP) is 5.62. The highest BCUT2D eigenvalue weighted by Gasteiger charge is 2.22. The van der Waals surface area contributed by atoms with Crippen molar-refractivity contribution in [3.63, 3.8) is 0 Å². The Morgan fingerprint density at radius 1 is 0.861 bits per heavy atom. The van der Waals surface area contributed by atoms with E-state index in [0.717, 1.165) is 27.3 Å². The summed E-state index contributed by atoms with van der Waals surface area (Å²) in [4.78, 5) is 13.2. The second-order valence-corrected chi connectivity index (χ2v) is 10.5. The molecular weight excluding hydrogens is 475 g/mol. The molecule has 184 valence electrons. The van der Waals surface area contributed by atoms with Gasteiger partial charge in [-0.3, -0.25) is 9.10 Å². The van der Waals surface area contributed by atoms with Crippen LogP contribution in [-0.4, -0.2) is 20.6 Å². The van der Waals surface area contributed by atoms with E-state index in [0.29, 0.717) is 11.3 Å². The summed E-state index contributed by atoms with van der Waals surface area (Å²) in [5.41, 5.74) is 3.97. The van der Waals surface area contributed by atoms with Crippen LogP contribution in [0.5, 0.6) is 0 Å². The molecule has 0 unspecified atom stereocenters. The summed E-state index contributed by atoms with van der Waals surface area (Å²) < 4.78 is 40.3.